The molecule has 2 aromatic rings. The van der Waals surface area contributed by atoms with E-state index in [-0.39, 0.29) is 5.82 Å². The molecule has 1 aromatic heterocycles. The minimum absolute atomic E-state index is 0.235. The van der Waals surface area contributed by atoms with Gasteiger partial charge in [-0.3, -0.25) is 4.90 Å². The first-order chi connectivity index (χ1) is 9.79. The van der Waals surface area contributed by atoms with E-state index in [0.29, 0.717) is 24.7 Å². The summed E-state index contributed by atoms with van der Waals surface area (Å²) in [5, 5.41) is 7.28. The topological polar surface area (TPSA) is 54.2 Å². The summed E-state index contributed by atoms with van der Waals surface area (Å²) in [6.45, 7) is 4.68. The summed E-state index contributed by atoms with van der Waals surface area (Å²) in [7, 11) is 0. The molecular formula is C14H17FN4O. The summed E-state index contributed by atoms with van der Waals surface area (Å²) in [5.41, 5.74) is 0.973. The Morgan fingerprint density at radius 3 is 2.70 bits per heavy atom. The van der Waals surface area contributed by atoms with Gasteiger partial charge in [0, 0.05) is 32.6 Å². The molecule has 0 unspecified atom stereocenters. The maximum atomic E-state index is 12.8. The fourth-order valence-electron chi connectivity index (χ4n) is 2.27. The molecule has 0 atom stereocenters. The van der Waals surface area contributed by atoms with Crippen molar-refractivity contribution in [2.45, 2.75) is 13.0 Å². The normalized spacial score (nSPS) is 16.4. The quantitative estimate of drug-likeness (QED) is 0.909. The highest BCUT2D eigenvalue weighted by Crippen LogP contribution is 2.09. The number of aromatic nitrogens is 2. The molecule has 1 aliphatic heterocycles. The molecule has 0 radical (unpaired) electrons. The van der Waals surface area contributed by atoms with Gasteiger partial charge in [-0.25, -0.2) is 4.39 Å². The molecule has 0 bridgehead atoms. The Hall–Kier alpha value is -1.79. The smallest absolute Gasteiger partial charge is 0.240 e. The van der Waals surface area contributed by atoms with E-state index >= 15 is 0 Å². The minimum Gasteiger partial charge on any atom is -0.338 e. The molecule has 1 aromatic carbocycles. The average Bonchev–Trinajstić information content (AvgIpc) is 2.90. The summed E-state index contributed by atoms with van der Waals surface area (Å²) in [4.78, 5) is 6.67. The number of rotatable bonds is 4. The van der Waals surface area contributed by atoms with Gasteiger partial charge in [-0.05, 0) is 17.7 Å². The zero-order chi connectivity index (χ0) is 13.8. The van der Waals surface area contributed by atoms with Crippen molar-refractivity contribution >= 4 is 0 Å². The number of piperazine rings is 1. The Morgan fingerprint density at radius 2 is 1.95 bits per heavy atom. The monoisotopic (exact) mass is 276 g/mol. The van der Waals surface area contributed by atoms with Crippen molar-refractivity contribution in [3.63, 3.8) is 0 Å². The Balaban J connectivity index is 1.60. The van der Waals surface area contributed by atoms with E-state index in [1.807, 2.05) is 0 Å². The molecular weight excluding hydrogens is 259 g/mol. The molecule has 1 aliphatic rings. The van der Waals surface area contributed by atoms with E-state index in [1.165, 1.54) is 12.1 Å². The lowest BCUT2D eigenvalue weighted by Gasteiger charge is -2.25. The Morgan fingerprint density at radius 1 is 1.20 bits per heavy atom. The van der Waals surface area contributed by atoms with Crippen LogP contribution in [-0.4, -0.2) is 41.2 Å². The van der Waals surface area contributed by atoms with Gasteiger partial charge in [-0.2, -0.15) is 4.98 Å². The van der Waals surface area contributed by atoms with Crippen molar-refractivity contribution in [1.82, 2.24) is 20.4 Å². The lowest BCUT2D eigenvalue weighted by atomic mass is 10.1. The zero-order valence-electron chi connectivity index (χ0n) is 11.2. The first kappa shape index (κ1) is 13.2. The number of hydrogen-bond acceptors (Lipinski definition) is 5. The third kappa shape index (κ3) is 3.40. The largest absolute Gasteiger partial charge is 0.338 e. The molecule has 2 heterocycles. The van der Waals surface area contributed by atoms with Crippen LogP contribution in [0.25, 0.3) is 0 Å². The van der Waals surface area contributed by atoms with Crippen molar-refractivity contribution in [3.8, 4) is 0 Å². The molecule has 6 heteroatoms. The summed E-state index contributed by atoms with van der Waals surface area (Å²) in [5.74, 6) is 1.05. The molecule has 1 N–H and O–H groups in total. The van der Waals surface area contributed by atoms with E-state index in [0.717, 1.165) is 31.7 Å². The highest BCUT2D eigenvalue weighted by molar-refractivity contribution is 5.19. The van der Waals surface area contributed by atoms with E-state index in [1.54, 1.807) is 12.1 Å². The van der Waals surface area contributed by atoms with Gasteiger partial charge >= 0.3 is 0 Å². The first-order valence-corrected chi connectivity index (χ1v) is 6.78. The van der Waals surface area contributed by atoms with Crippen molar-refractivity contribution in [3.05, 3.63) is 47.4 Å². The zero-order valence-corrected chi connectivity index (χ0v) is 11.2. The van der Waals surface area contributed by atoms with Crippen LogP contribution < -0.4 is 5.32 Å². The predicted molar refractivity (Wildman–Crippen MR) is 71.7 cm³/mol. The number of benzene rings is 1. The first-order valence-electron chi connectivity index (χ1n) is 6.78. The fraction of sp³-hybridized carbons (Fsp3) is 0.429. The lowest BCUT2D eigenvalue weighted by Crippen LogP contribution is -2.42. The minimum atomic E-state index is -0.235. The second kappa shape index (κ2) is 6.11. The number of halogens is 1. The maximum absolute atomic E-state index is 12.8. The molecule has 0 saturated carbocycles. The Kier molecular flexibility index (Phi) is 4.03. The Labute approximate surface area is 116 Å². The molecule has 106 valence electrons. The van der Waals surface area contributed by atoms with Gasteiger partial charge in [0.1, 0.15) is 5.82 Å². The highest BCUT2D eigenvalue weighted by Gasteiger charge is 2.14. The second-order valence-electron chi connectivity index (χ2n) is 4.93. The number of hydrogen-bond donors (Lipinski definition) is 1. The second-order valence-corrected chi connectivity index (χ2v) is 4.93. The number of nitrogens with zero attached hydrogens (tertiary/aromatic N) is 3. The summed E-state index contributed by atoms with van der Waals surface area (Å²) < 4.78 is 18.1. The molecule has 0 aliphatic carbocycles. The van der Waals surface area contributed by atoms with Gasteiger partial charge in [0.2, 0.25) is 5.89 Å². The molecule has 0 spiro atoms. The van der Waals surface area contributed by atoms with Crippen LogP contribution in [0.4, 0.5) is 4.39 Å². The van der Waals surface area contributed by atoms with Gasteiger partial charge < -0.3 is 9.84 Å². The van der Waals surface area contributed by atoms with E-state index in [2.05, 4.69) is 20.4 Å². The molecule has 1 fully saturated rings. The Bertz CT molecular complexity index is 549. The fourth-order valence-corrected chi connectivity index (χ4v) is 2.27. The highest BCUT2D eigenvalue weighted by atomic mass is 19.1. The third-order valence-corrected chi connectivity index (χ3v) is 3.35. The van der Waals surface area contributed by atoms with Crippen molar-refractivity contribution in [1.29, 1.82) is 0 Å². The van der Waals surface area contributed by atoms with Gasteiger partial charge in [-0.1, -0.05) is 17.3 Å². The summed E-state index contributed by atoms with van der Waals surface area (Å²) in [6.07, 6.45) is 0.561. The van der Waals surface area contributed by atoms with E-state index in [4.69, 9.17) is 4.52 Å². The van der Waals surface area contributed by atoms with Crippen LogP contribution in [-0.2, 0) is 13.0 Å². The van der Waals surface area contributed by atoms with Crippen LogP contribution >= 0.6 is 0 Å². The van der Waals surface area contributed by atoms with Crippen LogP contribution in [0.3, 0.4) is 0 Å². The van der Waals surface area contributed by atoms with E-state index < -0.39 is 0 Å². The van der Waals surface area contributed by atoms with Crippen LogP contribution in [0.2, 0.25) is 0 Å². The summed E-state index contributed by atoms with van der Waals surface area (Å²) in [6, 6.07) is 6.36. The molecule has 1 saturated heterocycles. The van der Waals surface area contributed by atoms with Crippen molar-refractivity contribution < 1.29 is 8.91 Å². The molecule has 3 rings (SSSR count). The van der Waals surface area contributed by atoms with Crippen LogP contribution in [0.1, 0.15) is 17.3 Å². The van der Waals surface area contributed by atoms with Crippen molar-refractivity contribution in [2.24, 2.45) is 0 Å². The van der Waals surface area contributed by atoms with Gasteiger partial charge in [0.25, 0.3) is 0 Å². The molecule has 0 amide bonds. The number of nitrogens with one attached hydrogen (secondary N) is 1. The molecule has 20 heavy (non-hydrogen) atoms. The maximum Gasteiger partial charge on any atom is 0.240 e. The van der Waals surface area contributed by atoms with E-state index in [9.17, 15) is 4.39 Å². The van der Waals surface area contributed by atoms with Gasteiger partial charge in [-0.15, -0.1) is 0 Å². The van der Waals surface area contributed by atoms with Crippen molar-refractivity contribution in [2.75, 3.05) is 26.2 Å². The average molecular weight is 276 g/mol. The van der Waals surface area contributed by atoms with Crippen LogP contribution in [0, 0.1) is 5.82 Å². The lowest BCUT2D eigenvalue weighted by molar-refractivity contribution is 0.203. The standard InChI is InChI=1S/C14H17FN4O/c15-12-3-1-11(2-4-12)9-13-17-14(20-18-13)10-19-7-5-16-6-8-19/h1-4,16H,5-10H2. The van der Waals surface area contributed by atoms with Gasteiger partial charge in [0.15, 0.2) is 5.82 Å². The van der Waals surface area contributed by atoms with Crippen LogP contribution in [0.15, 0.2) is 28.8 Å². The summed E-state index contributed by atoms with van der Waals surface area (Å²) >= 11 is 0. The predicted octanol–water partition coefficient (Wildman–Crippen LogP) is 1.20. The molecule has 5 nitrogen and oxygen atoms in total. The van der Waals surface area contributed by atoms with Crippen LogP contribution in [0.5, 0.6) is 0 Å². The van der Waals surface area contributed by atoms with Gasteiger partial charge in [0.05, 0.1) is 6.54 Å². The third-order valence-electron chi connectivity index (χ3n) is 3.35. The SMILES string of the molecule is Fc1ccc(Cc2noc(CN3CCNCC3)n2)cc1.